The summed E-state index contributed by atoms with van der Waals surface area (Å²) in [5.74, 6) is -0.675. The molecule has 3 rings (SSSR count). The first kappa shape index (κ1) is 20.8. The summed E-state index contributed by atoms with van der Waals surface area (Å²) < 4.78 is 5.33. The first-order chi connectivity index (χ1) is 13.5. The summed E-state index contributed by atoms with van der Waals surface area (Å²) in [6.07, 6.45) is 0.471. The Kier molecular flexibility index (Phi) is 5.38. The number of carbonyl (C=O) groups excluding carboxylic acids is 2. The normalized spacial score (nSPS) is 14.9. The number of benzene rings is 2. The number of nitrogens with zero attached hydrogens (tertiary/aromatic N) is 2. The maximum Gasteiger partial charge on any atom is 0.422 e. The van der Waals surface area contributed by atoms with Crippen LogP contribution in [0.2, 0.25) is 10.0 Å². The second-order valence-corrected chi connectivity index (χ2v) is 8.17. The van der Waals surface area contributed by atoms with Crippen LogP contribution < -0.4 is 4.90 Å². The van der Waals surface area contributed by atoms with E-state index in [9.17, 15) is 19.7 Å². The topological polar surface area (TPSA) is 89.8 Å². The zero-order chi connectivity index (χ0) is 21.5. The maximum atomic E-state index is 13.1. The van der Waals surface area contributed by atoms with Crippen LogP contribution >= 0.6 is 23.2 Å². The lowest BCUT2D eigenvalue weighted by Crippen LogP contribution is -2.38. The van der Waals surface area contributed by atoms with E-state index in [1.54, 1.807) is 32.9 Å². The quantitative estimate of drug-likeness (QED) is 0.342. The van der Waals surface area contributed by atoms with Crippen molar-refractivity contribution < 1.29 is 19.2 Å². The van der Waals surface area contributed by atoms with E-state index in [4.69, 9.17) is 27.9 Å². The number of rotatable bonds is 2. The molecule has 2 aromatic rings. The molecule has 0 unspecified atom stereocenters. The fraction of sp³-hybridized carbons (Fsp3) is 0.200. The molecular weight excluding hydrogens is 419 g/mol. The molecule has 0 saturated heterocycles. The van der Waals surface area contributed by atoms with Crippen molar-refractivity contribution in [1.29, 1.82) is 0 Å². The van der Waals surface area contributed by atoms with E-state index in [1.165, 1.54) is 30.3 Å². The van der Waals surface area contributed by atoms with Crippen molar-refractivity contribution in [2.75, 3.05) is 4.90 Å². The van der Waals surface area contributed by atoms with Crippen LogP contribution in [0.4, 0.5) is 16.2 Å². The van der Waals surface area contributed by atoms with Crippen molar-refractivity contribution in [3.05, 3.63) is 67.7 Å². The number of anilines is 1. The molecule has 0 aromatic heterocycles. The molecule has 0 radical (unpaired) electrons. The number of amides is 2. The van der Waals surface area contributed by atoms with Gasteiger partial charge in [-0.2, -0.15) is 0 Å². The van der Waals surface area contributed by atoms with Crippen LogP contribution in [-0.4, -0.2) is 22.5 Å². The molecule has 7 nitrogen and oxygen atoms in total. The molecule has 0 saturated carbocycles. The Morgan fingerprint density at radius 3 is 2.38 bits per heavy atom. The lowest BCUT2D eigenvalue weighted by atomic mass is 10.0. The average Bonchev–Trinajstić information content (AvgIpc) is 2.84. The highest BCUT2D eigenvalue weighted by Crippen LogP contribution is 2.41. The SMILES string of the molecule is CC(C)(C)OC(=O)N1C(=O)C(=Cc2cc(Cl)ccc2[N+](=O)[O-])c2ccc(Cl)cc21. The van der Waals surface area contributed by atoms with E-state index < -0.39 is 22.5 Å². The molecule has 1 heterocycles. The zero-order valence-corrected chi connectivity index (χ0v) is 17.2. The number of nitro benzene ring substituents is 1. The minimum Gasteiger partial charge on any atom is -0.443 e. The summed E-state index contributed by atoms with van der Waals surface area (Å²) in [7, 11) is 0. The smallest absolute Gasteiger partial charge is 0.422 e. The van der Waals surface area contributed by atoms with Crippen LogP contribution in [0.15, 0.2) is 36.4 Å². The van der Waals surface area contributed by atoms with Gasteiger partial charge in [-0.15, -0.1) is 0 Å². The van der Waals surface area contributed by atoms with Crippen LogP contribution in [0.3, 0.4) is 0 Å². The van der Waals surface area contributed by atoms with Crippen LogP contribution in [0.5, 0.6) is 0 Å². The zero-order valence-electron chi connectivity index (χ0n) is 15.7. The van der Waals surface area contributed by atoms with Gasteiger partial charge in [-0.3, -0.25) is 14.9 Å². The Morgan fingerprint density at radius 1 is 1.14 bits per heavy atom. The Bertz CT molecular complexity index is 1070. The van der Waals surface area contributed by atoms with Crippen LogP contribution in [-0.2, 0) is 9.53 Å². The molecule has 9 heteroatoms. The molecule has 0 atom stereocenters. The van der Waals surface area contributed by atoms with Gasteiger partial charge in [0.05, 0.1) is 21.7 Å². The minimum atomic E-state index is -0.866. The number of imide groups is 1. The third-order valence-corrected chi connectivity index (χ3v) is 4.46. The predicted molar refractivity (Wildman–Crippen MR) is 111 cm³/mol. The number of hydrogen-bond donors (Lipinski definition) is 0. The summed E-state index contributed by atoms with van der Waals surface area (Å²) in [5, 5.41) is 11.9. The van der Waals surface area contributed by atoms with Crippen molar-refractivity contribution in [3.8, 4) is 0 Å². The Labute approximate surface area is 176 Å². The lowest BCUT2D eigenvalue weighted by molar-refractivity contribution is -0.385. The number of fused-ring (bicyclic) bond motifs is 1. The highest BCUT2D eigenvalue weighted by atomic mass is 35.5. The summed E-state index contributed by atoms with van der Waals surface area (Å²) >= 11 is 12.0. The number of hydrogen-bond acceptors (Lipinski definition) is 5. The molecule has 0 spiro atoms. The second kappa shape index (κ2) is 7.50. The molecule has 0 N–H and O–H groups in total. The largest absolute Gasteiger partial charge is 0.443 e. The third-order valence-electron chi connectivity index (χ3n) is 3.99. The van der Waals surface area contributed by atoms with Gasteiger partial charge in [-0.1, -0.05) is 29.3 Å². The van der Waals surface area contributed by atoms with Crippen molar-refractivity contribution in [2.24, 2.45) is 0 Å². The molecule has 1 aliphatic rings. The van der Waals surface area contributed by atoms with E-state index in [2.05, 4.69) is 0 Å². The molecule has 2 aromatic carbocycles. The van der Waals surface area contributed by atoms with Crippen molar-refractivity contribution >= 4 is 58.2 Å². The third kappa shape index (κ3) is 4.26. The predicted octanol–water partition coefficient (Wildman–Crippen LogP) is 5.72. The highest BCUT2D eigenvalue weighted by Gasteiger charge is 2.39. The summed E-state index contributed by atoms with van der Waals surface area (Å²) in [4.78, 5) is 37.4. The summed E-state index contributed by atoms with van der Waals surface area (Å²) in [5.41, 5.74) is -0.173. The van der Waals surface area contributed by atoms with Gasteiger partial charge in [0.25, 0.3) is 11.6 Å². The molecule has 0 aliphatic carbocycles. The van der Waals surface area contributed by atoms with E-state index in [0.717, 1.165) is 4.90 Å². The Hall–Kier alpha value is -2.90. The van der Waals surface area contributed by atoms with Gasteiger partial charge >= 0.3 is 6.09 Å². The number of carbonyl (C=O) groups is 2. The van der Waals surface area contributed by atoms with Gasteiger partial charge in [0.15, 0.2) is 0 Å². The molecule has 0 bridgehead atoms. The first-order valence-electron chi connectivity index (χ1n) is 8.51. The standard InChI is InChI=1S/C20H16Cl2N2O5/c1-20(2,3)29-19(26)23-17-10-13(22)4-6-14(17)15(18(23)25)9-11-8-12(21)5-7-16(11)24(27)28/h4-10H,1-3H3. The van der Waals surface area contributed by atoms with Gasteiger partial charge in [0, 0.05) is 21.7 Å². The van der Waals surface area contributed by atoms with Gasteiger partial charge < -0.3 is 4.74 Å². The van der Waals surface area contributed by atoms with E-state index in [-0.39, 0.29) is 27.5 Å². The van der Waals surface area contributed by atoms with Gasteiger partial charge in [-0.25, -0.2) is 9.69 Å². The van der Waals surface area contributed by atoms with Crippen LogP contribution in [0, 0.1) is 10.1 Å². The molecule has 1 aliphatic heterocycles. The molecule has 29 heavy (non-hydrogen) atoms. The first-order valence-corrected chi connectivity index (χ1v) is 9.26. The molecule has 2 amide bonds. The molecular formula is C20H16Cl2N2O5. The van der Waals surface area contributed by atoms with Crippen LogP contribution in [0.1, 0.15) is 31.9 Å². The number of halogens is 2. The van der Waals surface area contributed by atoms with E-state index in [1.807, 2.05) is 0 Å². The van der Waals surface area contributed by atoms with Gasteiger partial charge in [-0.05, 0) is 51.1 Å². The summed E-state index contributed by atoms with van der Waals surface area (Å²) in [6, 6.07) is 8.62. The van der Waals surface area contributed by atoms with E-state index >= 15 is 0 Å². The second-order valence-electron chi connectivity index (χ2n) is 7.30. The lowest BCUT2D eigenvalue weighted by Gasteiger charge is -2.23. The fourth-order valence-corrected chi connectivity index (χ4v) is 3.20. The fourth-order valence-electron chi connectivity index (χ4n) is 2.85. The van der Waals surface area contributed by atoms with Crippen LogP contribution in [0.25, 0.3) is 11.6 Å². The minimum absolute atomic E-state index is 0.0906. The average molecular weight is 435 g/mol. The monoisotopic (exact) mass is 434 g/mol. The number of ether oxygens (including phenoxy) is 1. The van der Waals surface area contributed by atoms with Crippen molar-refractivity contribution in [1.82, 2.24) is 0 Å². The van der Waals surface area contributed by atoms with Crippen molar-refractivity contribution in [2.45, 2.75) is 26.4 Å². The van der Waals surface area contributed by atoms with Gasteiger partial charge in [0.1, 0.15) is 5.60 Å². The number of nitro groups is 1. The molecule has 150 valence electrons. The Morgan fingerprint density at radius 2 is 1.76 bits per heavy atom. The Balaban J connectivity index is 2.17. The van der Waals surface area contributed by atoms with E-state index in [0.29, 0.717) is 10.6 Å². The highest BCUT2D eigenvalue weighted by molar-refractivity contribution is 6.42. The van der Waals surface area contributed by atoms with Gasteiger partial charge in [0.2, 0.25) is 0 Å². The van der Waals surface area contributed by atoms with Crippen molar-refractivity contribution in [3.63, 3.8) is 0 Å². The summed E-state index contributed by atoms with van der Waals surface area (Å²) in [6.45, 7) is 5.03. The molecule has 0 fully saturated rings. The maximum absolute atomic E-state index is 13.1.